The minimum atomic E-state index is 0. The molecular formula is C18H28IN3O2. The normalized spacial score (nSPS) is 10.6. The molecule has 1 aromatic carbocycles. The molecule has 1 aromatic rings. The zero-order chi connectivity index (χ0) is 17.1. The number of aliphatic imine (C=N–C) groups is 1. The molecule has 0 atom stereocenters. The number of guanidine groups is 1. The largest absolute Gasteiger partial charge is 0.493 e. The van der Waals surface area contributed by atoms with Crippen molar-refractivity contribution in [1.82, 2.24) is 10.6 Å². The molecule has 2 N–H and O–H groups in total. The van der Waals surface area contributed by atoms with Crippen LogP contribution in [0.3, 0.4) is 0 Å². The van der Waals surface area contributed by atoms with E-state index in [1.165, 1.54) is 0 Å². The van der Waals surface area contributed by atoms with E-state index in [2.05, 4.69) is 35.4 Å². The van der Waals surface area contributed by atoms with E-state index >= 15 is 0 Å². The minimum absolute atomic E-state index is 0. The van der Waals surface area contributed by atoms with Crippen LogP contribution in [0.25, 0.3) is 0 Å². The van der Waals surface area contributed by atoms with Crippen molar-refractivity contribution in [3.63, 3.8) is 0 Å². The van der Waals surface area contributed by atoms with Gasteiger partial charge in [0.15, 0.2) is 17.5 Å². The highest BCUT2D eigenvalue weighted by molar-refractivity contribution is 14.0. The summed E-state index contributed by atoms with van der Waals surface area (Å²) in [6.45, 7) is 6.15. The third-order valence-electron chi connectivity index (χ3n) is 3.24. The van der Waals surface area contributed by atoms with Crippen LogP contribution in [0.5, 0.6) is 11.5 Å². The van der Waals surface area contributed by atoms with Crippen molar-refractivity contribution in [2.24, 2.45) is 10.9 Å². The van der Waals surface area contributed by atoms with E-state index in [9.17, 15) is 0 Å². The Morgan fingerprint density at radius 1 is 1.29 bits per heavy atom. The Labute approximate surface area is 162 Å². The van der Waals surface area contributed by atoms with Crippen LogP contribution in [0, 0.1) is 18.3 Å². The molecular weight excluding hydrogens is 417 g/mol. The van der Waals surface area contributed by atoms with E-state index in [-0.39, 0.29) is 30.6 Å². The zero-order valence-corrected chi connectivity index (χ0v) is 17.2. The van der Waals surface area contributed by atoms with Crippen LogP contribution in [0.1, 0.15) is 25.8 Å². The van der Waals surface area contributed by atoms with Gasteiger partial charge in [0.2, 0.25) is 0 Å². The molecule has 134 valence electrons. The standard InChI is InChI=1S/C18H27N3O2.HI/c1-6-11-23-17-12-15(7-8-16(17)22-5)13-21-18(19-4)20-10-9-14(2)3;/h1,7-8,12,14H,9-11,13H2,2-5H3,(H2,19,20,21);1H. The predicted octanol–water partition coefficient (Wildman–Crippen LogP) is 3.04. The average molecular weight is 445 g/mol. The molecule has 1 rings (SSSR count). The number of methoxy groups -OCH3 is 1. The van der Waals surface area contributed by atoms with Gasteiger partial charge in [-0.1, -0.05) is 25.8 Å². The molecule has 0 bridgehead atoms. The first-order valence-electron chi connectivity index (χ1n) is 7.78. The molecule has 0 aromatic heterocycles. The van der Waals surface area contributed by atoms with E-state index in [0.29, 0.717) is 24.0 Å². The SMILES string of the molecule is C#CCOc1cc(CNC(=NC)NCCC(C)C)ccc1OC.I. The Morgan fingerprint density at radius 2 is 2.04 bits per heavy atom. The first-order valence-corrected chi connectivity index (χ1v) is 7.78. The lowest BCUT2D eigenvalue weighted by atomic mass is 10.1. The molecule has 24 heavy (non-hydrogen) atoms. The van der Waals surface area contributed by atoms with E-state index in [0.717, 1.165) is 24.5 Å². The summed E-state index contributed by atoms with van der Waals surface area (Å²) in [4.78, 5) is 4.22. The highest BCUT2D eigenvalue weighted by atomic mass is 127. The molecule has 0 spiro atoms. The molecule has 0 amide bonds. The van der Waals surface area contributed by atoms with Crippen LogP contribution in [0.15, 0.2) is 23.2 Å². The lowest BCUT2D eigenvalue weighted by molar-refractivity contribution is 0.330. The fraction of sp³-hybridized carbons (Fsp3) is 0.500. The number of rotatable bonds is 8. The lowest BCUT2D eigenvalue weighted by Crippen LogP contribution is -2.37. The van der Waals surface area contributed by atoms with E-state index < -0.39 is 0 Å². The van der Waals surface area contributed by atoms with Crippen molar-refractivity contribution in [2.45, 2.75) is 26.8 Å². The topological polar surface area (TPSA) is 54.9 Å². The van der Waals surface area contributed by atoms with Crippen molar-refractivity contribution < 1.29 is 9.47 Å². The molecule has 5 nitrogen and oxygen atoms in total. The number of hydrogen-bond donors (Lipinski definition) is 2. The van der Waals surface area contributed by atoms with Crippen molar-refractivity contribution in [2.75, 3.05) is 27.3 Å². The summed E-state index contributed by atoms with van der Waals surface area (Å²) in [7, 11) is 3.37. The minimum Gasteiger partial charge on any atom is -0.493 e. The van der Waals surface area contributed by atoms with Gasteiger partial charge in [-0.2, -0.15) is 0 Å². The molecule has 0 unspecified atom stereocenters. The molecule has 0 fully saturated rings. The van der Waals surface area contributed by atoms with E-state index in [1.54, 1.807) is 14.2 Å². The number of ether oxygens (including phenoxy) is 2. The summed E-state index contributed by atoms with van der Waals surface area (Å²) < 4.78 is 10.8. The van der Waals surface area contributed by atoms with Gasteiger partial charge in [-0.05, 0) is 30.0 Å². The molecule has 0 saturated carbocycles. The Hall–Kier alpha value is -1.62. The molecule has 0 heterocycles. The second kappa shape index (κ2) is 12.8. The predicted molar refractivity (Wildman–Crippen MR) is 110 cm³/mol. The number of hydrogen-bond acceptors (Lipinski definition) is 3. The number of terminal acetylenes is 1. The molecule has 0 aliphatic heterocycles. The Morgan fingerprint density at radius 3 is 2.62 bits per heavy atom. The monoisotopic (exact) mass is 445 g/mol. The van der Waals surface area contributed by atoms with Gasteiger partial charge in [0.25, 0.3) is 0 Å². The Bertz CT molecular complexity index is 554. The average Bonchev–Trinajstić information content (AvgIpc) is 2.55. The van der Waals surface area contributed by atoms with E-state index in [1.807, 2.05) is 18.2 Å². The maximum absolute atomic E-state index is 5.51. The van der Waals surface area contributed by atoms with Gasteiger partial charge in [-0.3, -0.25) is 4.99 Å². The first-order chi connectivity index (χ1) is 11.1. The summed E-state index contributed by atoms with van der Waals surface area (Å²) in [6, 6.07) is 5.78. The van der Waals surface area contributed by atoms with Crippen molar-refractivity contribution in [1.29, 1.82) is 0 Å². The second-order valence-electron chi connectivity index (χ2n) is 5.51. The summed E-state index contributed by atoms with van der Waals surface area (Å²) >= 11 is 0. The Balaban J connectivity index is 0.00000529. The molecule has 0 aliphatic rings. The lowest BCUT2D eigenvalue weighted by Gasteiger charge is -2.14. The highest BCUT2D eigenvalue weighted by Gasteiger charge is 2.06. The van der Waals surface area contributed by atoms with Gasteiger partial charge in [-0.15, -0.1) is 30.4 Å². The van der Waals surface area contributed by atoms with Crippen molar-refractivity contribution in [3.8, 4) is 23.8 Å². The fourth-order valence-corrected chi connectivity index (χ4v) is 1.95. The second-order valence-corrected chi connectivity index (χ2v) is 5.51. The van der Waals surface area contributed by atoms with Crippen LogP contribution in [0.2, 0.25) is 0 Å². The number of halogens is 1. The Kier molecular flexibility index (Phi) is 11.9. The summed E-state index contributed by atoms with van der Waals surface area (Å²) in [5, 5.41) is 6.58. The summed E-state index contributed by atoms with van der Waals surface area (Å²) in [5.41, 5.74) is 1.06. The number of benzene rings is 1. The van der Waals surface area contributed by atoms with Gasteiger partial charge < -0.3 is 20.1 Å². The first kappa shape index (κ1) is 22.4. The smallest absolute Gasteiger partial charge is 0.191 e. The van der Waals surface area contributed by atoms with Crippen LogP contribution >= 0.6 is 24.0 Å². The molecule has 6 heteroatoms. The third-order valence-corrected chi connectivity index (χ3v) is 3.24. The zero-order valence-electron chi connectivity index (χ0n) is 14.9. The number of nitrogens with zero attached hydrogens (tertiary/aromatic N) is 1. The van der Waals surface area contributed by atoms with Gasteiger partial charge in [0, 0.05) is 20.1 Å². The van der Waals surface area contributed by atoms with Gasteiger partial charge in [0.1, 0.15) is 6.61 Å². The van der Waals surface area contributed by atoms with Gasteiger partial charge in [-0.25, -0.2) is 0 Å². The third kappa shape index (κ3) is 8.29. The van der Waals surface area contributed by atoms with Crippen LogP contribution in [0.4, 0.5) is 0 Å². The van der Waals surface area contributed by atoms with Crippen LogP contribution < -0.4 is 20.1 Å². The molecule has 0 aliphatic carbocycles. The summed E-state index contributed by atoms with van der Waals surface area (Å²) in [6.07, 6.45) is 6.34. The quantitative estimate of drug-likeness (QED) is 0.280. The fourth-order valence-electron chi connectivity index (χ4n) is 1.95. The van der Waals surface area contributed by atoms with E-state index in [4.69, 9.17) is 15.9 Å². The highest BCUT2D eigenvalue weighted by Crippen LogP contribution is 2.27. The summed E-state index contributed by atoms with van der Waals surface area (Å²) in [5.74, 6) is 5.22. The van der Waals surface area contributed by atoms with Gasteiger partial charge >= 0.3 is 0 Å². The van der Waals surface area contributed by atoms with Crippen molar-refractivity contribution in [3.05, 3.63) is 23.8 Å². The number of nitrogens with one attached hydrogen (secondary N) is 2. The molecule has 0 saturated heterocycles. The van der Waals surface area contributed by atoms with Crippen LogP contribution in [-0.4, -0.2) is 33.3 Å². The maximum Gasteiger partial charge on any atom is 0.191 e. The van der Waals surface area contributed by atoms with Gasteiger partial charge in [0.05, 0.1) is 7.11 Å². The molecule has 0 radical (unpaired) electrons. The van der Waals surface area contributed by atoms with Crippen molar-refractivity contribution >= 4 is 29.9 Å². The van der Waals surface area contributed by atoms with Crippen LogP contribution in [-0.2, 0) is 6.54 Å². The maximum atomic E-state index is 5.51.